The van der Waals surface area contributed by atoms with Crippen LogP contribution in [0.5, 0.6) is 0 Å². The van der Waals surface area contributed by atoms with Crippen LogP contribution in [0.3, 0.4) is 0 Å². The van der Waals surface area contributed by atoms with E-state index in [-0.39, 0.29) is 5.71 Å². The Morgan fingerprint density at radius 1 is 1.12 bits per heavy atom. The SMILES string of the molecule is CC(O)C(=N)c1ccc(C=O)cc1Nc1ncc(-c2ccccc2)cn1. The maximum Gasteiger partial charge on any atom is 0.227 e. The predicted octanol–water partition coefficient (Wildman–Crippen LogP) is 3.45. The number of nitrogens with one attached hydrogen (secondary N) is 2. The lowest BCUT2D eigenvalue weighted by Crippen LogP contribution is -2.18. The maximum atomic E-state index is 11.1. The number of hydrogen-bond donors (Lipinski definition) is 3. The van der Waals surface area contributed by atoms with Crippen LogP contribution in [0, 0.1) is 5.41 Å². The zero-order valence-corrected chi connectivity index (χ0v) is 14.2. The molecule has 0 aliphatic rings. The van der Waals surface area contributed by atoms with Crippen LogP contribution < -0.4 is 5.32 Å². The molecule has 0 aliphatic carbocycles. The van der Waals surface area contributed by atoms with Gasteiger partial charge >= 0.3 is 0 Å². The summed E-state index contributed by atoms with van der Waals surface area (Å²) >= 11 is 0. The fraction of sp³-hybridized carbons (Fsp3) is 0.100. The Bertz CT molecular complexity index is 922. The van der Waals surface area contributed by atoms with E-state index in [0.717, 1.165) is 17.4 Å². The summed E-state index contributed by atoms with van der Waals surface area (Å²) in [6.45, 7) is 1.52. The standard InChI is InChI=1S/C20H18N4O2/c1-13(26)19(21)17-8-7-14(12-25)9-18(17)24-20-22-10-16(11-23-20)15-5-3-2-4-6-15/h2-13,21,26H,1H3,(H,22,23,24). The second-order valence-corrected chi connectivity index (χ2v) is 5.80. The van der Waals surface area contributed by atoms with Gasteiger partial charge in [-0.25, -0.2) is 9.97 Å². The summed E-state index contributed by atoms with van der Waals surface area (Å²) in [5.41, 5.74) is 3.38. The van der Waals surface area contributed by atoms with Gasteiger partial charge < -0.3 is 15.8 Å². The van der Waals surface area contributed by atoms with Gasteiger partial charge in [-0.05, 0) is 18.6 Å². The van der Waals surface area contributed by atoms with Crippen LogP contribution in [0.1, 0.15) is 22.8 Å². The summed E-state index contributed by atoms with van der Waals surface area (Å²) in [7, 11) is 0. The van der Waals surface area contributed by atoms with E-state index in [1.54, 1.807) is 30.6 Å². The molecule has 0 spiro atoms. The smallest absolute Gasteiger partial charge is 0.227 e. The highest BCUT2D eigenvalue weighted by Crippen LogP contribution is 2.23. The molecule has 0 saturated carbocycles. The van der Waals surface area contributed by atoms with Gasteiger partial charge in [0, 0.05) is 29.1 Å². The van der Waals surface area contributed by atoms with Crippen LogP contribution in [-0.4, -0.2) is 33.2 Å². The van der Waals surface area contributed by atoms with Gasteiger partial charge in [0.1, 0.15) is 6.29 Å². The Morgan fingerprint density at radius 3 is 2.42 bits per heavy atom. The van der Waals surface area contributed by atoms with Gasteiger partial charge in [-0.1, -0.05) is 42.5 Å². The van der Waals surface area contributed by atoms with E-state index in [1.165, 1.54) is 6.92 Å². The van der Waals surface area contributed by atoms with Crippen molar-refractivity contribution in [3.8, 4) is 11.1 Å². The Labute approximate surface area is 151 Å². The first-order valence-electron chi connectivity index (χ1n) is 8.09. The lowest BCUT2D eigenvalue weighted by Gasteiger charge is -2.14. The first kappa shape index (κ1) is 17.4. The quantitative estimate of drug-likeness (QED) is 0.469. The van der Waals surface area contributed by atoms with Gasteiger partial charge in [0.2, 0.25) is 5.95 Å². The van der Waals surface area contributed by atoms with Gasteiger partial charge in [0.15, 0.2) is 0 Å². The van der Waals surface area contributed by atoms with Crippen molar-refractivity contribution in [1.82, 2.24) is 9.97 Å². The molecule has 6 heteroatoms. The highest BCUT2D eigenvalue weighted by molar-refractivity contribution is 6.06. The van der Waals surface area contributed by atoms with E-state index in [9.17, 15) is 9.90 Å². The molecule has 1 heterocycles. The van der Waals surface area contributed by atoms with Crippen LogP contribution in [0.4, 0.5) is 11.6 Å². The first-order valence-corrected chi connectivity index (χ1v) is 8.09. The van der Waals surface area contributed by atoms with Crippen molar-refractivity contribution in [2.75, 3.05) is 5.32 Å². The van der Waals surface area contributed by atoms with Crippen molar-refractivity contribution in [2.24, 2.45) is 0 Å². The van der Waals surface area contributed by atoms with Crippen molar-refractivity contribution in [1.29, 1.82) is 5.41 Å². The number of anilines is 2. The van der Waals surface area contributed by atoms with E-state index in [0.29, 0.717) is 22.8 Å². The number of carbonyl (C=O) groups is 1. The minimum atomic E-state index is -0.931. The molecule has 130 valence electrons. The van der Waals surface area contributed by atoms with Gasteiger partial charge in [-0.2, -0.15) is 0 Å². The summed E-state index contributed by atoms with van der Waals surface area (Å²) in [4.78, 5) is 19.7. The zero-order valence-electron chi connectivity index (χ0n) is 14.2. The third kappa shape index (κ3) is 3.81. The molecule has 0 amide bonds. The number of rotatable bonds is 6. The van der Waals surface area contributed by atoms with E-state index >= 15 is 0 Å². The Hall–Kier alpha value is -3.38. The molecule has 0 fully saturated rings. The van der Waals surface area contributed by atoms with Crippen LogP contribution in [0.25, 0.3) is 11.1 Å². The fourth-order valence-electron chi connectivity index (χ4n) is 2.49. The molecule has 0 aliphatic heterocycles. The van der Waals surface area contributed by atoms with Crippen molar-refractivity contribution in [3.63, 3.8) is 0 Å². The average Bonchev–Trinajstić information content (AvgIpc) is 2.68. The van der Waals surface area contributed by atoms with Crippen molar-refractivity contribution < 1.29 is 9.90 Å². The van der Waals surface area contributed by atoms with Gasteiger partial charge in [-0.15, -0.1) is 0 Å². The summed E-state index contributed by atoms with van der Waals surface area (Å²) in [5.74, 6) is 0.340. The minimum absolute atomic E-state index is 0.0471. The van der Waals surface area contributed by atoms with E-state index in [4.69, 9.17) is 5.41 Å². The normalized spacial score (nSPS) is 11.6. The maximum absolute atomic E-state index is 11.1. The lowest BCUT2D eigenvalue weighted by molar-refractivity contribution is 0.112. The minimum Gasteiger partial charge on any atom is -0.387 e. The fourth-order valence-corrected chi connectivity index (χ4v) is 2.49. The van der Waals surface area contributed by atoms with Crippen molar-refractivity contribution >= 4 is 23.6 Å². The number of aliphatic hydroxyl groups is 1. The third-order valence-electron chi connectivity index (χ3n) is 3.89. The summed E-state index contributed by atoms with van der Waals surface area (Å²) < 4.78 is 0. The second kappa shape index (κ2) is 7.67. The Kier molecular flexibility index (Phi) is 5.15. The van der Waals surface area contributed by atoms with E-state index < -0.39 is 6.10 Å². The van der Waals surface area contributed by atoms with Gasteiger partial charge in [0.25, 0.3) is 0 Å². The summed E-state index contributed by atoms with van der Waals surface area (Å²) in [5, 5.41) is 20.8. The van der Waals surface area contributed by atoms with Crippen molar-refractivity contribution in [3.05, 3.63) is 72.1 Å². The van der Waals surface area contributed by atoms with E-state index in [2.05, 4.69) is 15.3 Å². The topological polar surface area (TPSA) is 99.0 Å². The molecule has 1 atom stereocenters. The zero-order chi connectivity index (χ0) is 18.5. The molecular weight excluding hydrogens is 328 g/mol. The molecule has 3 rings (SSSR count). The Balaban J connectivity index is 1.90. The van der Waals surface area contributed by atoms with Gasteiger partial charge in [0.05, 0.1) is 17.5 Å². The molecule has 1 unspecified atom stereocenters. The molecule has 3 aromatic rings. The number of hydrogen-bond acceptors (Lipinski definition) is 6. The highest BCUT2D eigenvalue weighted by atomic mass is 16.3. The third-order valence-corrected chi connectivity index (χ3v) is 3.89. The number of aldehydes is 1. The van der Waals surface area contributed by atoms with Gasteiger partial charge in [-0.3, -0.25) is 4.79 Å². The number of aromatic nitrogens is 2. The average molecular weight is 346 g/mol. The van der Waals surface area contributed by atoms with Crippen molar-refractivity contribution in [2.45, 2.75) is 13.0 Å². The number of carbonyl (C=O) groups excluding carboxylic acids is 1. The molecule has 3 N–H and O–H groups in total. The molecule has 6 nitrogen and oxygen atoms in total. The highest BCUT2D eigenvalue weighted by Gasteiger charge is 2.14. The number of nitrogens with zero attached hydrogens (tertiary/aromatic N) is 2. The summed E-state index contributed by atoms with van der Waals surface area (Å²) in [6.07, 6.45) is 3.20. The molecular formula is C20H18N4O2. The summed E-state index contributed by atoms with van der Waals surface area (Å²) in [6, 6.07) is 14.6. The van der Waals surface area contributed by atoms with Crippen LogP contribution in [0.15, 0.2) is 60.9 Å². The van der Waals surface area contributed by atoms with Crippen LogP contribution >= 0.6 is 0 Å². The molecule has 0 radical (unpaired) electrons. The first-order chi connectivity index (χ1) is 12.6. The van der Waals surface area contributed by atoms with E-state index in [1.807, 2.05) is 30.3 Å². The molecule has 0 bridgehead atoms. The second-order valence-electron chi connectivity index (χ2n) is 5.80. The molecule has 2 aromatic carbocycles. The Morgan fingerprint density at radius 2 is 1.81 bits per heavy atom. The molecule has 1 aromatic heterocycles. The lowest BCUT2D eigenvalue weighted by atomic mass is 10.0. The molecule has 26 heavy (non-hydrogen) atoms. The predicted molar refractivity (Wildman–Crippen MR) is 101 cm³/mol. The molecule has 0 saturated heterocycles. The number of aliphatic hydroxyl groups excluding tert-OH is 1. The monoisotopic (exact) mass is 346 g/mol. The van der Waals surface area contributed by atoms with Crippen LogP contribution in [-0.2, 0) is 0 Å². The van der Waals surface area contributed by atoms with Crippen LogP contribution in [0.2, 0.25) is 0 Å². The number of benzene rings is 2. The largest absolute Gasteiger partial charge is 0.387 e.